The fourth-order valence-corrected chi connectivity index (χ4v) is 4.39. The first-order valence-corrected chi connectivity index (χ1v) is 10.9. The molecule has 12 heteroatoms. The van der Waals surface area contributed by atoms with Gasteiger partial charge in [-0.2, -0.15) is 0 Å². The summed E-state index contributed by atoms with van der Waals surface area (Å²) in [6.45, 7) is 7.46. The van der Waals surface area contributed by atoms with Crippen LogP contribution in [-0.4, -0.2) is 79.5 Å². The Hall–Kier alpha value is -1.65. The SMILES string of the molecule is Cl.Cl.Cl.O=C1CCC(NC(=O)c2ccc(N3CCN(CC4CCNCC4)CC3)cn2)C(=O)N1. The van der Waals surface area contributed by atoms with Gasteiger partial charge in [-0.3, -0.25) is 24.6 Å². The number of imide groups is 1. The second-order valence-electron chi connectivity index (χ2n) is 8.36. The number of hydrogen-bond acceptors (Lipinski definition) is 7. The molecule has 3 saturated heterocycles. The molecule has 3 aliphatic rings. The van der Waals surface area contributed by atoms with Crippen molar-refractivity contribution in [2.75, 3.05) is 50.7 Å². The lowest BCUT2D eigenvalue weighted by atomic mass is 9.97. The number of nitrogens with zero attached hydrogens (tertiary/aromatic N) is 3. The van der Waals surface area contributed by atoms with Gasteiger partial charge in [0.2, 0.25) is 11.8 Å². The topological polar surface area (TPSA) is 107 Å². The Morgan fingerprint density at radius 3 is 2.33 bits per heavy atom. The highest BCUT2D eigenvalue weighted by Gasteiger charge is 2.28. The number of carbonyl (C=O) groups is 3. The summed E-state index contributed by atoms with van der Waals surface area (Å²) in [4.78, 5) is 44.6. The molecule has 4 rings (SSSR count). The molecular weight excluding hydrogens is 491 g/mol. The Balaban J connectivity index is 0.00000181. The van der Waals surface area contributed by atoms with E-state index in [1.54, 1.807) is 12.3 Å². The number of halogens is 3. The third-order valence-corrected chi connectivity index (χ3v) is 6.24. The van der Waals surface area contributed by atoms with Crippen LogP contribution in [0, 0.1) is 5.92 Å². The molecular formula is C21H33Cl3N6O3. The van der Waals surface area contributed by atoms with Crippen LogP contribution in [0.2, 0.25) is 0 Å². The first-order valence-electron chi connectivity index (χ1n) is 10.9. The molecule has 1 unspecified atom stereocenters. The van der Waals surface area contributed by atoms with Crippen LogP contribution in [0.15, 0.2) is 18.3 Å². The monoisotopic (exact) mass is 522 g/mol. The Bertz CT molecular complexity index is 784. The molecule has 9 nitrogen and oxygen atoms in total. The van der Waals surface area contributed by atoms with Crippen molar-refractivity contribution < 1.29 is 14.4 Å². The van der Waals surface area contributed by atoms with Crippen molar-refractivity contribution in [3.05, 3.63) is 24.0 Å². The van der Waals surface area contributed by atoms with E-state index in [4.69, 9.17) is 0 Å². The predicted molar refractivity (Wildman–Crippen MR) is 134 cm³/mol. The first-order chi connectivity index (χ1) is 14.6. The predicted octanol–water partition coefficient (Wildman–Crippen LogP) is 1.00. The van der Waals surface area contributed by atoms with Crippen LogP contribution in [0.4, 0.5) is 5.69 Å². The minimum Gasteiger partial charge on any atom is -0.368 e. The highest BCUT2D eigenvalue weighted by Crippen LogP contribution is 2.19. The van der Waals surface area contributed by atoms with Crippen LogP contribution >= 0.6 is 37.2 Å². The lowest BCUT2D eigenvalue weighted by Gasteiger charge is -2.38. The zero-order chi connectivity index (χ0) is 20.9. The molecule has 3 N–H and O–H groups in total. The second-order valence-corrected chi connectivity index (χ2v) is 8.36. The number of piperazine rings is 1. The van der Waals surface area contributed by atoms with Gasteiger partial charge >= 0.3 is 0 Å². The maximum atomic E-state index is 12.4. The summed E-state index contributed by atoms with van der Waals surface area (Å²) < 4.78 is 0. The van der Waals surface area contributed by atoms with E-state index in [0.717, 1.165) is 50.9 Å². The number of carbonyl (C=O) groups excluding carboxylic acids is 3. The van der Waals surface area contributed by atoms with Crippen molar-refractivity contribution >= 4 is 60.6 Å². The third kappa shape index (κ3) is 7.96. The number of hydrogen-bond donors (Lipinski definition) is 3. The van der Waals surface area contributed by atoms with Crippen molar-refractivity contribution in [2.24, 2.45) is 5.92 Å². The van der Waals surface area contributed by atoms with Crippen molar-refractivity contribution in [1.29, 1.82) is 0 Å². The molecule has 3 amide bonds. The van der Waals surface area contributed by atoms with Crippen LogP contribution in [0.25, 0.3) is 0 Å². The largest absolute Gasteiger partial charge is 0.368 e. The van der Waals surface area contributed by atoms with E-state index in [1.807, 2.05) is 6.07 Å². The van der Waals surface area contributed by atoms with Crippen LogP contribution in [0.5, 0.6) is 0 Å². The van der Waals surface area contributed by atoms with Crippen LogP contribution in [-0.2, 0) is 9.59 Å². The Morgan fingerprint density at radius 2 is 1.73 bits per heavy atom. The molecule has 0 bridgehead atoms. The van der Waals surface area contributed by atoms with E-state index in [2.05, 4.69) is 30.7 Å². The number of rotatable bonds is 5. The lowest BCUT2D eigenvalue weighted by molar-refractivity contribution is -0.134. The molecule has 0 radical (unpaired) electrons. The van der Waals surface area contributed by atoms with E-state index in [0.29, 0.717) is 6.42 Å². The quantitative estimate of drug-likeness (QED) is 0.495. The van der Waals surface area contributed by atoms with Gasteiger partial charge in [0.25, 0.3) is 5.91 Å². The van der Waals surface area contributed by atoms with E-state index in [1.165, 1.54) is 19.4 Å². The summed E-state index contributed by atoms with van der Waals surface area (Å²) in [5.74, 6) is -0.355. The van der Waals surface area contributed by atoms with Crippen LogP contribution < -0.4 is 20.9 Å². The number of anilines is 1. The summed E-state index contributed by atoms with van der Waals surface area (Å²) in [6.07, 6.45) is 4.81. The highest BCUT2D eigenvalue weighted by molar-refractivity contribution is 6.03. The maximum Gasteiger partial charge on any atom is 0.270 e. The summed E-state index contributed by atoms with van der Waals surface area (Å²) in [5.41, 5.74) is 1.28. The number of nitrogens with one attached hydrogen (secondary N) is 3. The van der Waals surface area contributed by atoms with Crippen LogP contribution in [0.1, 0.15) is 36.2 Å². The van der Waals surface area contributed by atoms with Gasteiger partial charge in [0.15, 0.2) is 0 Å². The van der Waals surface area contributed by atoms with Crippen molar-refractivity contribution in [3.8, 4) is 0 Å². The fraction of sp³-hybridized carbons (Fsp3) is 0.619. The molecule has 1 aromatic rings. The van der Waals surface area contributed by atoms with Gasteiger partial charge in [-0.25, -0.2) is 4.98 Å². The molecule has 186 valence electrons. The second kappa shape index (κ2) is 13.9. The average molecular weight is 524 g/mol. The molecule has 1 aromatic heterocycles. The molecule has 33 heavy (non-hydrogen) atoms. The minimum atomic E-state index is -0.690. The van der Waals surface area contributed by atoms with Crippen molar-refractivity contribution in [2.45, 2.75) is 31.7 Å². The summed E-state index contributed by atoms with van der Waals surface area (Å²) >= 11 is 0. The Morgan fingerprint density at radius 1 is 1.03 bits per heavy atom. The van der Waals surface area contributed by atoms with E-state index >= 15 is 0 Å². The van der Waals surface area contributed by atoms with Gasteiger partial charge in [0.1, 0.15) is 11.7 Å². The van der Waals surface area contributed by atoms with Gasteiger partial charge in [-0.1, -0.05) is 0 Å². The molecule has 0 aromatic carbocycles. The zero-order valence-corrected chi connectivity index (χ0v) is 20.9. The van der Waals surface area contributed by atoms with Gasteiger partial charge in [-0.05, 0) is 50.4 Å². The summed E-state index contributed by atoms with van der Waals surface area (Å²) in [6, 6.07) is 2.91. The molecule has 3 fully saturated rings. The number of amides is 3. The minimum absolute atomic E-state index is 0. The van der Waals surface area contributed by atoms with Gasteiger partial charge in [0, 0.05) is 39.1 Å². The Kier molecular flexibility index (Phi) is 12.4. The number of pyridine rings is 1. The zero-order valence-electron chi connectivity index (χ0n) is 18.5. The summed E-state index contributed by atoms with van der Waals surface area (Å²) in [7, 11) is 0. The normalized spacial score (nSPS) is 21.7. The fourth-order valence-electron chi connectivity index (χ4n) is 4.39. The molecule has 0 aliphatic carbocycles. The smallest absolute Gasteiger partial charge is 0.270 e. The van der Waals surface area contributed by atoms with Crippen LogP contribution in [0.3, 0.4) is 0 Å². The number of piperidine rings is 2. The molecule has 3 aliphatic heterocycles. The van der Waals surface area contributed by atoms with E-state index in [9.17, 15) is 14.4 Å². The molecule has 0 spiro atoms. The van der Waals surface area contributed by atoms with Gasteiger partial charge in [0.05, 0.1) is 11.9 Å². The average Bonchev–Trinajstić information content (AvgIpc) is 2.77. The Labute approximate surface area is 213 Å². The highest BCUT2D eigenvalue weighted by atomic mass is 35.5. The van der Waals surface area contributed by atoms with Gasteiger partial charge < -0.3 is 15.5 Å². The van der Waals surface area contributed by atoms with E-state index in [-0.39, 0.29) is 55.2 Å². The summed E-state index contributed by atoms with van der Waals surface area (Å²) in [5, 5.41) is 8.32. The maximum absolute atomic E-state index is 12.4. The third-order valence-electron chi connectivity index (χ3n) is 6.24. The molecule has 1 atom stereocenters. The molecule has 4 heterocycles. The lowest BCUT2D eigenvalue weighted by Crippen LogP contribution is -2.52. The number of aromatic nitrogens is 1. The standard InChI is InChI=1S/C21H30N6O3.3ClH/c28-19-4-3-18(21(30)25-19)24-20(29)17-2-1-16(13-23-17)27-11-9-26(10-12-27)14-15-5-7-22-8-6-15;;;/h1-2,13,15,18,22H,3-12,14H2,(H,24,29)(H,25,28,30);3*1H. The van der Waals surface area contributed by atoms with E-state index < -0.39 is 17.9 Å². The molecule has 0 saturated carbocycles. The van der Waals surface area contributed by atoms with Crippen molar-refractivity contribution in [3.63, 3.8) is 0 Å². The first kappa shape index (κ1) is 29.4. The van der Waals surface area contributed by atoms with Crippen molar-refractivity contribution in [1.82, 2.24) is 25.8 Å². The van der Waals surface area contributed by atoms with Gasteiger partial charge in [-0.15, -0.1) is 37.2 Å².